The summed E-state index contributed by atoms with van der Waals surface area (Å²) in [5, 5.41) is 7.46. The number of furan rings is 1. The van der Waals surface area contributed by atoms with Gasteiger partial charge in [-0.2, -0.15) is 18.2 Å². The molecule has 1 aromatic carbocycles. The highest BCUT2D eigenvalue weighted by Crippen LogP contribution is 2.38. The van der Waals surface area contributed by atoms with E-state index in [2.05, 4.69) is 19.9 Å². The number of anilines is 2. The highest BCUT2D eigenvalue weighted by Gasteiger charge is 2.50. The Morgan fingerprint density at radius 3 is 2.41 bits per heavy atom. The topological polar surface area (TPSA) is 172 Å². The molecule has 3 aliphatic heterocycles. The zero-order chi connectivity index (χ0) is 37.0. The molecule has 1 atom stereocenters. The molecular formula is C32H33F6N7O6. The Bertz CT molecular complexity index is 1970. The summed E-state index contributed by atoms with van der Waals surface area (Å²) in [5.41, 5.74) is 6.41. The molecule has 4 aromatic rings. The molecule has 0 saturated carbocycles. The Balaban J connectivity index is 0.000000186. The molecule has 3 fully saturated rings. The number of pyridine rings is 1. The van der Waals surface area contributed by atoms with Crippen LogP contribution in [0.5, 0.6) is 0 Å². The Labute approximate surface area is 285 Å². The predicted molar refractivity (Wildman–Crippen MR) is 175 cm³/mol. The fraction of sp³-hybridized carbons (Fsp3) is 0.406. The Hall–Kier alpha value is -5.17. The Morgan fingerprint density at radius 2 is 1.80 bits per heavy atom. The van der Waals surface area contributed by atoms with Gasteiger partial charge < -0.3 is 39.5 Å². The number of benzene rings is 1. The van der Waals surface area contributed by atoms with Gasteiger partial charge in [-0.15, -0.1) is 13.2 Å². The van der Waals surface area contributed by atoms with E-state index in [9.17, 15) is 31.1 Å². The van der Waals surface area contributed by atoms with Gasteiger partial charge in [-0.05, 0) is 38.0 Å². The van der Waals surface area contributed by atoms with E-state index in [1.54, 1.807) is 24.3 Å². The van der Waals surface area contributed by atoms with Crippen LogP contribution in [0.4, 0.5) is 37.8 Å². The summed E-state index contributed by atoms with van der Waals surface area (Å²) in [7, 11) is 0. The third kappa shape index (κ3) is 8.09. The molecule has 3 aromatic heterocycles. The van der Waals surface area contributed by atoms with Crippen LogP contribution in [0, 0.1) is 0 Å². The number of rotatable bonds is 4. The minimum atomic E-state index is -4.70. The van der Waals surface area contributed by atoms with Gasteiger partial charge in [-0.25, -0.2) is 9.97 Å². The van der Waals surface area contributed by atoms with E-state index in [0.717, 1.165) is 19.0 Å². The lowest BCUT2D eigenvalue weighted by Gasteiger charge is -2.53. The molecule has 51 heavy (non-hydrogen) atoms. The standard InChI is InChI=1S/C16H19F3N4O3.C15H12F3N3O.CH2O2/c1-10-15(8-25-9-15)26-3-2-23(10)13-4-11(6-21-14(13)24)12(5-20)7-22-16(17,18)19;16-15(17,18)14-19-11-9-5-1-2-6-10(9)22-12(11)13(20-14)21-7-3-4-8-21;2-1-3/h4-7,10H,2-3,8-9,20H2,1H3,(H,21,24);1-2,5-6H,3-4,7-8H2;1H,(H,2,3)/b12-5+,22-7+;;. The first-order chi connectivity index (χ1) is 24.2. The van der Waals surface area contributed by atoms with Crippen LogP contribution in [-0.4, -0.2) is 90.1 Å². The van der Waals surface area contributed by atoms with Crippen molar-refractivity contribution in [2.75, 3.05) is 49.3 Å². The zero-order valence-corrected chi connectivity index (χ0v) is 27.0. The maximum absolute atomic E-state index is 13.1. The second-order valence-corrected chi connectivity index (χ2v) is 11.7. The number of ether oxygens (including phenoxy) is 2. The molecule has 13 nitrogen and oxygen atoms in total. The number of nitrogens with zero attached hydrogens (tertiary/aromatic N) is 5. The SMILES string of the molecule is CC1N(c2cc(C(=C/N)/C=N/C(F)(F)F)c[nH]c2=O)CCOC12COC2.FC(F)(F)c1nc(N2CCCC2)c2oc3ccccc3c2n1.O=CO. The van der Waals surface area contributed by atoms with Crippen molar-refractivity contribution >= 4 is 51.8 Å². The first kappa shape index (κ1) is 37.1. The summed E-state index contributed by atoms with van der Waals surface area (Å²) in [5.74, 6) is -0.875. The quantitative estimate of drug-likeness (QED) is 0.112. The van der Waals surface area contributed by atoms with Crippen molar-refractivity contribution in [1.29, 1.82) is 0 Å². The van der Waals surface area contributed by atoms with E-state index < -0.39 is 23.9 Å². The number of nitrogens with one attached hydrogen (secondary N) is 1. The second kappa shape index (κ2) is 15.0. The third-order valence-corrected chi connectivity index (χ3v) is 8.56. The minimum absolute atomic E-state index is 0.0439. The first-order valence-corrected chi connectivity index (χ1v) is 15.6. The number of hydrogen-bond acceptors (Lipinski definition) is 11. The van der Waals surface area contributed by atoms with Crippen LogP contribution in [0.25, 0.3) is 27.6 Å². The summed E-state index contributed by atoms with van der Waals surface area (Å²) in [6, 6.07) is 8.34. The Morgan fingerprint density at radius 1 is 1.12 bits per heavy atom. The van der Waals surface area contributed by atoms with Gasteiger partial charge in [0.1, 0.15) is 22.4 Å². The number of alkyl halides is 6. The monoisotopic (exact) mass is 725 g/mol. The Kier molecular flexibility index (Phi) is 10.9. The van der Waals surface area contributed by atoms with Crippen LogP contribution in [0.2, 0.25) is 0 Å². The number of fused-ring (bicyclic) bond motifs is 3. The van der Waals surface area contributed by atoms with Crippen LogP contribution in [0.3, 0.4) is 0 Å². The van der Waals surface area contributed by atoms with Crippen molar-refractivity contribution in [1.82, 2.24) is 15.0 Å². The van der Waals surface area contributed by atoms with E-state index in [4.69, 9.17) is 29.5 Å². The number of allylic oxidation sites excluding steroid dienone is 1. The number of halogens is 6. The van der Waals surface area contributed by atoms with Gasteiger partial charge in [-0.1, -0.05) is 12.1 Å². The average Bonchev–Trinajstić information content (AvgIpc) is 3.73. The van der Waals surface area contributed by atoms with Gasteiger partial charge in [-0.3, -0.25) is 9.59 Å². The molecule has 0 bridgehead atoms. The maximum Gasteiger partial charge on any atom is 0.503 e. The summed E-state index contributed by atoms with van der Waals surface area (Å²) < 4.78 is 93.1. The van der Waals surface area contributed by atoms with Crippen LogP contribution < -0.4 is 21.1 Å². The second-order valence-electron chi connectivity index (χ2n) is 11.7. The number of aromatic amines is 1. The van der Waals surface area contributed by atoms with Crippen molar-refractivity contribution in [2.45, 2.75) is 43.9 Å². The summed E-state index contributed by atoms with van der Waals surface area (Å²) >= 11 is 0. The smallest absolute Gasteiger partial charge is 0.483 e. The van der Waals surface area contributed by atoms with Crippen LogP contribution in [0.1, 0.15) is 31.2 Å². The highest BCUT2D eigenvalue weighted by molar-refractivity contribution is 6.09. The van der Waals surface area contributed by atoms with Crippen molar-refractivity contribution in [3.63, 3.8) is 0 Å². The molecule has 6 heterocycles. The summed E-state index contributed by atoms with van der Waals surface area (Å²) in [6.07, 6.45) is -4.46. The average molecular weight is 726 g/mol. The fourth-order valence-electron chi connectivity index (χ4n) is 5.96. The number of para-hydroxylation sites is 1. The number of aliphatic imine (C=N–C) groups is 1. The van der Waals surface area contributed by atoms with Crippen molar-refractivity contribution in [2.24, 2.45) is 10.7 Å². The molecule has 274 valence electrons. The molecule has 3 aliphatic rings. The molecule has 3 saturated heterocycles. The summed E-state index contributed by atoms with van der Waals surface area (Å²) in [4.78, 5) is 36.9. The largest absolute Gasteiger partial charge is 0.503 e. The highest BCUT2D eigenvalue weighted by atomic mass is 19.4. The van der Waals surface area contributed by atoms with Crippen molar-refractivity contribution in [3.8, 4) is 0 Å². The van der Waals surface area contributed by atoms with Gasteiger partial charge in [0.05, 0.1) is 25.9 Å². The molecule has 0 aliphatic carbocycles. The molecular weight excluding hydrogens is 692 g/mol. The van der Waals surface area contributed by atoms with E-state index in [-0.39, 0.29) is 35.0 Å². The lowest BCUT2D eigenvalue weighted by atomic mass is 9.90. The van der Waals surface area contributed by atoms with E-state index in [1.807, 2.05) is 16.7 Å². The van der Waals surface area contributed by atoms with Gasteiger partial charge in [0.2, 0.25) is 5.82 Å². The number of carbonyl (C=O) groups is 1. The fourth-order valence-corrected chi connectivity index (χ4v) is 5.96. The van der Waals surface area contributed by atoms with Crippen molar-refractivity contribution in [3.05, 3.63) is 64.5 Å². The number of aromatic nitrogens is 3. The van der Waals surface area contributed by atoms with E-state index >= 15 is 0 Å². The van der Waals surface area contributed by atoms with Gasteiger partial charge in [0, 0.05) is 54.8 Å². The number of H-pyrrole nitrogens is 1. The lowest BCUT2D eigenvalue weighted by molar-refractivity contribution is -0.228. The van der Waals surface area contributed by atoms with Crippen LogP contribution >= 0.6 is 0 Å². The zero-order valence-electron chi connectivity index (χ0n) is 27.0. The van der Waals surface area contributed by atoms with Gasteiger partial charge in [0.25, 0.3) is 12.0 Å². The van der Waals surface area contributed by atoms with E-state index in [0.29, 0.717) is 73.5 Å². The molecule has 0 radical (unpaired) electrons. The molecule has 1 spiro atoms. The third-order valence-electron chi connectivity index (χ3n) is 8.56. The summed E-state index contributed by atoms with van der Waals surface area (Å²) in [6.45, 7) is 4.82. The molecule has 1 unspecified atom stereocenters. The number of carboxylic acid groups (broad SMARTS) is 1. The number of hydrogen-bond donors (Lipinski definition) is 3. The molecule has 7 rings (SSSR count). The normalized spacial score (nSPS) is 19.1. The number of nitrogens with two attached hydrogens (primary N) is 1. The molecule has 4 N–H and O–H groups in total. The molecule has 19 heteroatoms. The van der Waals surface area contributed by atoms with E-state index in [1.165, 1.54) is 12.3 Å². The maximum atomic E-state index is 13.1. The van der Waals surface area contributed by atoms with Crippen LogP contribution in [0.15, 0.2) is 56.9 Å². The molecule has 0 amide bonds. The predicted octanol–water partition coefficient (Wildman–Crippen LogP) is 4.96. The van der Waals surface area contributed by atoms with Gasteiger partial charge in [0.15, 0.2) is 11.4 Å². The minimum Gasteiger partial charge on any atom is -0.483 e. The van der Waals surface area contributed by atoms with Gasteiger partial charge >= 0.3 is 12.5 Å². The lowest BCUT2D eigenvalue weighted by Crippen LogP contribution is -2.68. The number of morpholine rings is 1. The first-order valence-electron chi connectivity index (χ1n) is 15.6. The van der Waals surface area contributed by atoms with Crippen LogP contribution in [-0.2, 0) is 20.4 Å². The van der Waals surface area contributed by atoms with Crippen molar-refractivity contribution < 1.29 is 50.1 Å².